The highest BCUT2D eigenvalue weighted by Crippen LogP contribution is 2.26. The number of aromatic nitrogens is 3. The summed E-state index contributed by atoms with van der Waals surface area (Å²) in [6.45, 7) is 4.73. The lowest BCUT2D eigenvalue weighted by atomic mass is 9.88. The van der Waals surface area contributed by atoms with Crippen LogP contribution < -0.4 is 5.32 Å². The zero-order chi connectivity index (χ0) is 15.9. The van der Waals surface area contributed by atoms with Gasteiger partial charge in [0.05, 0.1) is 24.6 Å². The molecule has 2 aromatic heterocycles. The standard InChI is InChI=1S/C18H26N4O/c1-14-5-2-3-7-17(14)23-10-9-20-12-16-13-21-22-18(16)15-6-4-8-19-11-15/h4,6,8,11,13-14,17,20H,2-3,5,7,9-10,12H2,1H3,(H,21,22)/t14-,17+/m0/s1. The van der Waals surface area contributed by atoms with Gasteiger partial charge >= 0.3 is 0 Å². The molecule has 0 unspecified atom stereocenters. The van der Waals surface area contributed by atoms with E-state index < -0.39 is 0 Å². The van der Waals surface area contributed by atoms with E-state index in [9.17, 15) is 0 Å². The molecule has 0 bridgehead atoms. The molecule has 5 heteroatoms. The molecule has 1 aliphatic rings. The number of H-pyrrole nitrogens is 1. The molecule has 1 fully saturated rings. The third-order valence-corrected chi connectivity index (χ3v) is 4.63. The molecule has 124 valence electrons. The number of nitrogens with one attached hydrogen (secondary N) is 2. The van der Waals surface area contributed by atoms with E-state index in [1.54, 1.807) is 6.20 Å². The Morgan fingerprint density at radius 2 is 2.22 bits per heavy atom. The number of hydrogen-bond acceptors (Lipinski definition) is 4. The molecular formula is C18H26N4O. The normalized spacial score (nSPS) is 21.4. The van der Waals surface area contributed by atoms with E-state index in [0.29, 0.717) is 12.0 Å². The van der Waals surface area contributed by atoms with E-state index >= 15 is 0 Å². The van der Waals surface area contributed by atoms with Crippen molar-refractivity contribution >= 4 is 0 Å². The summed E-state index contributed by atoms with van der Waals surface area (Å²) in [7, 11) is 0. The lowest BCUT2D eigenvalue weighted by Crippen LogP contribution is -2.29. The van der Waals surface area contributed by atoms with Gasteiger partial charge in [-0.25, -0.2) is 0 Å². The van der Waals surface area contributed by atoms with Crippen molar-refractivity contribution < 1.29 is 4.74 Å². The Balaban J connectivity index is 1.42. The lowest BCUT2D eigenvalue weighted by Gasteiger charge is -2.28. The Morgan fingerprint density at radius 3 is 3.04 bits per heavy atom. The minimum atomic E-state index is 0.449. The average molecular weight is 314 g/mol. The Kier molecular flexibility index (Phi) is 5.77. The molecule has 0 saturated heterocycles. The summed E-state index contributed by atoms with van der Waals surface area (Å²) in [4.78, 5) is 4.16. The number of nitrogens with zero attached hydrogens (tertiary/aromatic N) is 2. The van der Waals surface area contributed by atoms with Crippen LogP contribution in [0.4, 0.5) is 0 Å². The maximum absolute atomic E-state index is 6.03. The first-order chi connectivity index (χ1) is 11.3. The van der Waals surface area contributed by atoms with Crippen molar-refractivity contribution in [3.05, 3.63) is 36.3 Å². The summed E-state index contributed by atoms with van der Waals surface area (Å²) < 4.78 is 6.03. The van der Waals surface area contributed by atoms with Crippen LogP contribution >= 0.6 is 0 Å². The van der Waals surface area contributed by atoms with Gasteiger partial charge in [0.25, 0.3) is 0 Å². The van der Waals surface area contributed by atoms with Crippen molar-refractivity contribution in [2.24, 2.45) is 5.92 Å². The van der Waals surface area contributed by atoms with Crippen LogP contribution in [0.15, 0.2) is 30.7 Å². The predicted octanol–water partition coefficient (Wildman–Crippen LogP) is 3.16. The number of aromatic amines is 1. The number of ether oxygens (including phenoxy) is 1. The number of rotatable bonds is 7. The van der Waals surface area contributed by atoms with E-state index in [4.69, 9.17) is 4.74 Å². The molecule has 0 spiro atoms. The van der Waals surface area contributed by atoms with Gasteiger partial charge in [0.15, 0.2) is 0 Å². The van der Waals surface area contributed by atoms with E-state index in [-0.39, 0.29) is 0 Å². The van der Waals surface area contributed by atoms with E-state index in [0.717, 1.165) is 36.5 Å². The molecule has 3 rings (SSSR count). The summed E-state index contributed by atoms with van der Waals surface area (Å²) in [6, 6.07) is 3.98. The fourth-order valence-electron chi connectivity index (χ4n) is 3.24. The van der Waals surface area contributed by atoms with Gasteiger partial charge < -0.3 is 10.1 Å². The van der Waals surface area contributed by atoms with Crippen LogP contribution in [0.2, 0.25) is 0 Å². The van der Waals surface area contributed by atoms with Crippen molar-refractivity contribution in [1.29, 1.82) is 0 Å². The predicted molar refractivity (Wildman–Crippen MR) is 90.9 cm³/mol. The minimum Gasteiger partial charge on any atom is -0.377 e. The summed E-state index contributed by atoms with van der Waals surface area (Å²) in [5.74, 6) is 0.704. The van der Waals surface area contributed by atoms with Crippen LogP contribution in [0.25, 0.3) is 11.3 Å². The van der Waals surface area contributed by atoms with Crippen molar-refractivity contribution in [3.8, 4) is 11.3 Å². The molecule has 1 aliphatic carbocycles. The molecule has 5 nitrogen and oxygen atoms in total. The summed E-state index contributed by atoms with van der Waals surface area (Å²) in [5.41, 5.74) is 3.26. The van der Waals surface area contributed by atoms with Gasteiger partial charge in [0.1, 0.15) is 0 Å². The van der Waals surface area contributed by atoms with Gasteiger partial charge in [-0.3, -0.25) is 10.1 Å². The third-order valence-electron chi connectivity index (χ3n) is 4.63. The molecular weight excluding hydrogens is 288 g/mol. The fraction of sp³-hybridized carbons (Fsp3) is 0.556. The molecule has 2 aromatic rings. The molecule has 0 aliphatic heterocycles. The SMILES string of the molecule is C[C@H]1CCCC[C@H]1OCCNCc1cn[nH]c1-c1cccnc1. The smallest absolute Gasteiger partial charge is 0.0710 e. The Labute approximate surface area is 137 Å². The van der Waals surface area contributed by atoms with Gasteiger partial charge in [-0.05, 0) is 30.9 Å². The molecule has 23 heavy (non-hydrogen) atoms. The Bertz CT molecular complexity index is 584. The van der Waals surface area contributed by atoms with E-state index in [2.05, 4.69) is 27.4 Å². The quantitative estimate of drug-likeness (QED) is 0.771. The summed E-state index contributed by atoms with van der Waals surface area (Å²) in [6.07, 6.45) is 11.1. The second-order valence-corrected chi connectivity index (χ2v) is 6.36. The number of pyridine rings is 1. The topological polar surface area (TPSA) is 62.8 Å². The Morgan fingerprint density at radius 1 is 1.30 bits per heavy atom. The average Bonchev–Trinajstić information content (AvgIpc) is 3.05. The van der Waals surface area contributed by atoms with Crippen LogP contribution in [-0.2, 0) is 11.3 Å². The molecule has 2 N–H and O–H groups in total. The highest BCUT2D eigenvalue weighted by Gasteiger charge is 2.21. The maximum Gasteiger partial charge on any atom is 0.0710 e. The number of hydrogen-bond donors (Lipinski definition) is 2. The van der Waals surface area contributed by atoms with Crippen LogP contribution in [0.5, 0.6) is 0 Å². The van der Waals surface area contributed by atoms with Gasteiger partial charge in [0, 0.05) is 36.6 Å². The van der Waals surface area contributed by atoms with Crippen molar-refractivity contribution in [2.45, 2.75) is 45.3 Å². The lowest BCUT2D eigenvalue weighted by molar-refractivity contribution is -0.00322. The fourth-order valence-corrected chi connectivity index (χ4v) is 3.24. The van der Waals surface area contributed by atoms with Crippen LogP contribution in [0, 0.1) is 5.92 Å². The summed E-state index contributed by atoms with van der Waals surface area (Å²) >= 11 is 0. The highest BCUT2D eigenvalue weighted by molar-refractivity contribution is 5.61. The monoisotopic (exact) mass is 314 g/mol. The molecule has 1 saturated carbocycles. The molecule has 0 aromatic carbocycles. The van der Waals surface area contributed by atoms with Crippen LogP contribution in [0.3, 0.4) is 0 Å². The molecule has 0 radical (unpaired) electrons. The maximum atomic E-state index is 6.03. The summed E-state index contributed by atoms with van der Waals surface area (Å²) in [5, 5.41) is 10.7. The van der Waals surface area contributed by atoms with E-state index in [1.807, 2.05) is 24.5 Å². The van der Waals surface area contributed by atoms with Crippen molar-refractivity contribution in [2.75, 3.05) is 13.2 Å². The zero-order valence-corrected chi connectivity index (χ0v) is 13.8. The first-order valence-electron chi connectivity index (χ1n) is 8.59. The third kappa shape index (κ3) is 4.39. The Hall–Kier alpha value is -1.72. The van der Waals surface area contributed by atoms with Crippen molar-refractivity contribution in [3.63, 3.8) is 0 Å². The van der Waals surface area contributed by atoms with E-state index in [1.165, 1.54) is 25.7 Å². The second kappa shape index (κ2) is 8.22. The van der Waals surface area contributed by atoms with Crippen LogP contribution in [0.1, 0.15) is 38.2 Å². The minimum absolute atomic E-state index is 0.449. The highest BCUT2D eigenvalue weighted by atomic mass is 16.5. The molecule has 2 heterocycles. The second-order valence-electron chi connectivity index (χ2n) is 6.36. The zero-order valence-electron chi connectivity index (χ0n) is 13.8. The van der Waals surface area contributed by atoms with Gasteiger partial charge in [-0.1, -0.05) is 19.8 Å². The first kappa shape index (κ1) is 16.1. The van der Waals surface area contributed by atoms with Crippen molar-refractivity contribution in [1.82, 2.24) is 20.5 Å². The largest absolute Gasteiger partial charge is 0.377 e. The van der Waals surface area contributed by atoms with Gasteiger partial charge in [-0.15, -0.1) is 0 Å². The molecule has 0 amide bonds. The van der Waals surface area contributed by atoms with Gasteiger partial charge in [-0.2, -0.15) is 5.10 Å². The van der Waals surface area contributed by atoms with Gasteiger partial charge in [0.2, 0.25) is 0 Å². The molecule has 2 atom stereocenters. The van der Waals surface area contributed by atoms with Crippen LogP contribution in [-0.4, -0.2) is 34.4 Å². The first-order valence-corrected chi connectivity index (χ1v) is 8.59.